The molecule has 8 aromatic heterocycles. The van der Waals surface area contributed by atoms with Gasteiger partial charge < -0.3 is 113 Å². The van der Waals surface area contributed by atoms with E-state index in [1.807, 2.05) is 13.8 Å². The summed E-state index contributed by atoms with van der Waals surface area (Å²) >= 11 is 27.1. The molecule has 8 fully saturated rings. The summed E-state index contributed by atoms with van der Waals surface area (Å²) in [4.78, 5) is 133. The number of aromatic nitrogens is 16. The van der Waals surface area contributed by atoms with Crippen LogP contribution in [0.25, 0.3) is 33.5 Å². The molecular formula is C60H80N21O26P5S5. The van der Waals surface area contributed by atoms with Crippen molar-refractivity contribution in [3.63, 3.8) is 0 Å². The molecule has 57 heteroatoms. The van der Waals surface area contributed by atoms with E-state index in [2.05, 4.69) is 67.1 Å². The van der Waals surface area contributed by atoms with Crippen molar-refractivity contribution >= 4 is 156 Å². The Bertz CT molecular complexity index is 5690. The molecule has 6 bridgehead atoms. The molecule has 8 aliphatic rings. The van der Waals surface area contributed by atoms with Crippen LogP contribution in [0, 0.1) is 19.8 Å². The normalized spacial score (nSPS) is 34.5. The second-order valence-electron chi connectivity index (χ2n) is 29.4. The van der Waals surface area contributed by atoms with E-state index < -0.39 is 204 Å². The van der Waals surface area contributed by atoms with Crippen LogP contribution in [0.3, 0.4) is 0 Å². The molecule has 8 saturated heterocycles. The highest BCUT2D eigenvalue weighted by Gasteiger charge is 2.72. The van der Waals surface area contributed by atoms with Crippen molar-refractivity contribution in [2.75, 3.05) is 62.2 Å². The second-order valence-corrected chi connectivity index (χ2v) is 43.6. The molecule has 8 unspecified atom stereocenters. The Kier molecular flexibility index (Phi) is 22.8. The number of nitrogens with two attached hydrogens (primary N) is 5. The van der Waals surface area contributed by atoms with Crippen molar-refractivity contribution in [3.8, 4) is 0 Å². The van der Waals surface area contributed by atoms with E-state index >= 15 is 4.57 Å². The molecule has 8 aromatic rings. The van der Waals surface area contributed by atoms with Gasteiger partial charge in [-0.1, -0.05) is 26.1 Å². The maximum atomic E-state index is 15.6. The van der Waals surface area contributed by atoms with Gasteiger partial charge in [-0.3, -0.25) is 50.7 Å². The third-order valence-electron chi connectivity index (χ3n) is 21.7. The van der Waals surface area contributed by atoms with E-state index in [0.29, 0.717) is 23.2 Å². The van der Waals surface area contributed by atoms with Gasteiger partial charge in [0, 0.05) is 43.5 Å². The molecule has 0 aromatic carbocycles. The highest BCUT2D eigenvalue weighted by Crippen LogP contribution is 2.66. The van der Waals surface area contributed by atoms with E-state index in [0.717, 1.165) is 11.7 Å². The molecule has 0 saturated carbocycles. The summed E-state index contributed by atoms with van der Waals surface area (Å²) in [6, 6.07) is 0. The Labute approximate surface area is 686 Å². The number of fused-ring (bicyclic) bond motifs is 9. The van der Waals surface area contributed by atoms with Gasteiger partial charge in [-0.05, 0) is 94.2 Å². The zero-order valence-corrected chi connectivity index (χ0v) is 71.3. The summed E-state index contributed by atoms with van der Waals surface area (Å²) in [6.07, 6.45) is -12.5. The highest BCUT2D eigenvalue weighted by molar-refractivity contribution is 8.44. The molecule has 16 rings (SSSR count). The van der Waals surface area contributed by atoms with Gasteiger partial charge in [-0.2, -0.15) is 15.0 Å². The fraction of sp³-hybridized carbons (Fsp3) is 0.617. The van der Waals surface area contributed by atoms with Crippen LogP contribution >= 0.6 is 45.9 Å². The van der Waals surface area contributed by atoms with Gasteiger partial charge in [0.15, 0.2) is 52.8 Å². The van der Waals surface area contributed by atoms with Crippen molar-refractivity contribution in [1.82, 2.24) is 77.7 Å². The van der Waals surface area contributed by atoms with Gasteiger partial charge in [0.25, 0.3) is 5.56 Å². The lowest BCUT2D eigenvalue weighted by Crippen LogP contribution is -2.51. The van der Waals surface area contributed by atoms with E-state index in [1.165, 1.54) is 64.7 Å². The van der Waals surface area contributed by atoms with Crippen molar-refractivity contribution in [2.24, 2.45) is 5.92 Å². The van der Waals surface area contributed by atoms with Crippen LogP contribution in [0.1, 0.15) is 96.1 Å². The van der Waals surface area contributed by atoms with E-state index in [9.17, 15) is 34.0 Å². The molecule has 0 radical (unpaired) electrons. The number of nitrogens with one attached hydrogen (secondary N) is 1. The first-order valence-corrected chi connectivity index (χ1v) is 49.0. The Morgan fingerprint density at radius 1 is 0.538 bits per heavy atom. The second kappa shape index (κ2) is 31.4. The topological polar surface area (TPSA) is 615 Å². The fourth-order valence-electron chi connectivity index (χ4n) is 16.1. The summed E-state index contributed by atoms with van der Waals surface area (Å²) in [5, 5.41) is 0. The van der Waals surface area contributed by atoms with Crippen LogP contribution in [0.5, 0.6) is 0 Å². The molecule has 47 nitrogen and oxygen atoms in total. The van der Waals surface area contributed by atoms with Crippen molar-refractivity contribution < 1.29 is 107 Å². The minimum atomic E-state index is -4.96. The van der Waals surface area contributed by atoms with Gasteiger partial charge >= 0.3 is 45.1 Å². The van der Waals surface area contributed by atoms with Crippen molar-refractivity contribution in [1.29, 1.82) is 0 Å². The zero-order chi connectivity index (χ0) is 83.5. The third kappa shape index (κ3) is 15.7. The molecule has 117 heavy (non-hydrogen) atoms. The summed E-state index contributed by atoms with van der Waals surface area (Å²) in [5.74, 6) is -0.307. The first-order chi connectivity index (χ1) is 55.1. The lowest BCUT2D eigenvalue weighted by Gasteiger charge is -2.39. The van der Waals surface area contributed by atoms with Crippen molar-refractivity contribution in [3.05, 3.63) is 86.5 Å². The Morgan fingerprint density at radius 3 is 1.47 bits per heavy atom. The number of aryl methyl sites for hydroxylation is 2. The lowest BCUT2D eigenvalue weighted by atomic mass is 9.85. The van der Waals surface area contributed by atoms with Crippen LogP contribution < -0.4 is 45.6 Å². The molecule has 26 atom stereocenters. The standard InChI is InChI=1S/C60H80N21O26P5S5/c1-23(2)11-58-26(5)95-38(52(100-58)77-12-24(3)44(61)73-56(77)83)41(58)105-111(88,116)93-17-60-28(7)97-40(54(102-60)81-22-71-36-47(64)67-19-69-49(36)81)43(60)107-112(89,117)94-16-59-27(6)96-39(53(101-59)78-13-25(4)45(62)74-57(78)84)42(59)106-110(87,115)92-15-32-30(10-34(99-32)80-21-72-37-50(80)75-55(65)76-51(37)82)104-109(86,114)91-14-31-29(103-108(85,113)90-8)9-33(98-31)79-20-70-35-46(63)66-18-68-48(35)79/h12-13,18-23,26-34,38-43,52-54H,9-11,14-17H2,1-8H3,(H,85,113)(H,86,114)(H,87,115)(H,88,116)(H,89,117)(H2,61,73,83)(H2,62,74,84)(H2,63,66,68)(H2,64,67,69)(H3,65,75,76,82)/t26-,27-,28-,29+,30+,31+,32+,33+,34+,38?,39?,40?,41+,42+,43+,52+,53+,54+,58-,59-,60-,108?,109?,110?,111?,112?/m0/s1. The van der Waals surface area contributed by atoms with Crippen LogP contribution in [0.4, 0.5) is 29.2 Å². The van der Waals surface area contributed by atoms with Gasteiger partial charge in [0.05, 0.1) is 75.9 Å². The average molecular weight is 1830 g/mol. The van der Waals surface area contributed by atoms with Crippen LogP contribution in [0.2, 0.25) is 0 Å². The SMILES string of the molecule is COP(O)(=S)O[C@@H]1C[C@H](n2cnc3c(N)ncnc32)O[C@@H]1COP(O)(=S)O[C@@H]1C[C@H](n2cnc3c(=O)[nH]c(N)nc32)O[C@@H]1COP(O)(=S)O[C@@H]1C2O[C@@H](C)[C@]1(COP(=O)(S)O[C@@H]1C3O[C@@H](C)[C@]1(COP(O)(=S)O[C@@H]1C4O[C@@H](C)[C@]1(CC(C)C)O[C@H]4n1cc(C)c(N)nc1=O)O[C@H]3n1cnc3c(N)ncnc31)O[C@H]2n1cc(C)c(N)nc1=O. The quantitative estimate of drug-likeness (QED) is 0.0227. The highest BCUT2D eigenvalue weighted by atomic mass is 32.7. The number of rotatable bonds is 30. The van der Waals surface area contributed by atoms with Crippen molar-refractivity contribution in [2.45, 2.75) is 195 Å². The van der Waals surface area contributed by atoms with E-state index in [-0.39, 0.29) is 75.8 Å². The predicted molar refractivity (Wildman–Crippen MR) is 423 cm³/mol. The molecule has 0 spiro atoms. The van der Waals surface area contributed by atoms with Gasteiger partial charge in [-0.25, -0.2) is 49.0 Å². The maximum Gasteiger partial charge on any atom is 0.386 e. The fourth-order valence-corrected chi connectivity index (χ4v) is 22.9. The monoisotopic (exact) mass is 1830 g/mol. The summed E-state index contributed by atoms with van der Waals surface area (Å²) in [5.41, 5.74) is 24.3. The molecule has 0 amide bonds. The smallest absolute Gasteiger partial charge is 0.383 e. The number of nitrogens with zero attached hydrogens (tertiary/aromatic N) is 15. The summed E-state index contributed by atoms with van der Waals surface area (Å²) in [7, 11) is 1.16. The molecular weight excluding hydrogens is 1750 g/mol. The number of anilines is 5. The average Bonchev–Trinajstić information content (AvgIpc) is 1.47. The maximum absolute atomic E-state index is 15.6. The van der Waals surface area contributed by atoms with Gasteiger partial charge in [0.1, 0.15) is 113 Å². The molecule has 0 aliphatic carbocycles. The Hall–Kier alpha value is -5.49. The number of thiol groups is 1. The van der Waals surface area contributed by atoms with Gasteiger partial charge in [-0.15, -0.1) is 0 Å². The minimum Gasteiger partial charge on any atom is -0.383 e. The van der Waals surface area contributed by atoms with Crippen LogP contribution in [-0.4, -0.2) is 227 Å². The zero-order valence-electron chi connectivity index (χ0n) is 62.6. The number of hydrogen-bond acceptors (Lipinski definition) is 41. The third-order valence-corrected chi connectivity index (χ3v) is 29.6. The number of aromatic amines is 1. The minimum absolute atomic E-state index is 0.00377. The molecule has 636 valence electrons. The Morgan fingerprint density at radius 2 is 0.957 bits per heavy atom. The predicted octanol–water partition coefficient (Wildman–Crippen LogP) is 2.17. The van der Waals surface area contributed by atoms with Crippen LogP contribution in [-0.2, 0) is 135 Å². The number of H-pyrrole nitrogens is 1. The Balaban J connectivity index is 0.665. The summed E-state index contributed by atoms with van der Waals surface area (Å²) < 4.78 is 137. The van der Waals surface area contributed by atoms with E-state index in [4.69, 9.17) is 159 Å². The largest absolute Gasteiger partial charge is 0.386 e. The number of ether oxygens (including phenoxy) is 8. The first-order valence-electron chi connectivity index (χ1n) is 35.9. The number of hydrogen-bond donors (Lipinski definition) is 11. The van der Waals surface area contributed by atoms with E-state index in [1.54, 1.807) is 32.3 Å². The molecule has 15 N–H and O–H groups in total. The lowest BCUT2D eigenvalue weighted by molar-refractivity contribution is -0.217. The van der Waals surface area contributed by atoms with Crippen LogP contribution in [0.15, 0.2) is 58.4 Å². The number of nitrogen functional groups attached to an aromatic ring is 5. The number of imidazole rings is 3. The molecule has 8 aliphatic heterocycles. The molecule has 16 heterocycles. The van der Waals surface area contributed by atoms with Gasteiger partial charge in [0.2, 0.25) is 5.95 Å². The first kappa shape index (κ1) is 85.1. The summed E-state index contributed by atoms with van der Waals surface area (Å²) in [6.45, 7) is -13.5.